The third kappa shape index (κ3) is 1.36. The van der Waals surface area contributed by atoms with Crippen molar-refractivity contribution >= 4 is 0 Å². The van der Waals surface area contributed by atoms with Gasteiger partial charge in [0.05, 0.1) is 13.2 Å². The monoisotopic (exact) mass is 202 g/mol. The second-order valence-electron chi connectivity index (χ2n) is 4.05. The molecule has 0 aromatic heterocycles. The fourth-order valence-corrected chi connectivity index (χ4v) is 2.04. The summed E-state index contributed by atoms with van der Waals surface area (Å²) in [5.41, 5.74) is 0. The second kappa shape index (κ2) is 3.15. The molecule has 0 amide bonds. The van der Waals surface area contributed by atoms with Crippen LogP contribution in [0.5, 0.6) is 0 Å². The lowest BCUT2D eigenvalue weighted by Gasteiger charge is -2.14. The highest BCUT2D eigenvalue weighted by Crippen LogP contribution is 2.33. The first kappa shape index (κ1) is 9.06. The zero-order chi connectivity index (χ0) is 9.71. The van der Waals surface area contributed by atoms with Gasteiger partial charge < -0.3 is 24.1 Å². The van der Waals surface area contributed by atoms with Crippen LogP contribution in [0, 0.1) is 0 Å². The molecular weight excluding hydrogens is 188 g/mol. The van der Waals surface area contributed by atoms with Crippen LogP contribution in [0.4, 0.5) is 0 Å². The van der Waals surface area contributed by atoms with Crippen LogP contribution >= 0.6 is 0 Å². The molecule has 3 aliphatic heterocycles. The number of ether oxygens (including phenoxy) is 4. The Hall–Kier alpha value is -0.200. The summed E-state index contributed by atoms with van der Waals surface area (Å²) in [6.07, 6.45) is -0.863. The van der Waals surface area contributed by atoms with E-state index >= 15 is 0 Å². The van der Waals surface area contributed by atoms with Crippen molar-refractivity contribution in [3.8, 4) is 0 Å². The van der Waals surface area contributed by atoms with E-state index < -0.39 is 6.10 Å². The molecule has 0 aromatic rings. The molecule has 3 rings (SSSR count). The Morgan fingerprint density at radius 2 is 1.93 bits per heavy atom. The zero-order valence-electron chi connectivity index (χ0n) is 7.96. The molecule has 1 N–H and O–H groups in total. The van der Waals surface area contributed by atoms with Crippen LogP contribution in [0.3, 0.4) is 0 Å². The van der Waals surface area contributed by atoms with Crippen LogP contribution in [-0.4, -0.2) is 55.1 Å². The second-order valence-corrected chi connectivity index (χ2v) is 4.05. The number of aliphatic hydroxyl groups excluding tert-OH is 1. The van der Waals surface area contributed by atoms with Crippen molar-refractivity contribution in [1.82, 2.24) is 0 Å². The normalized spacial score (nSPS) is 56.1. The van der Waals surface area contributed by atoms with Gasteiger partial charge in [-0.25, -0.2) is 0 Å². The van der Waals surface area contributed by atoms with Gasteiger partial charge in [-0.05, 0) is 6.92 Å². The van der Waals surface area contributed by atoms with Crippen LogP contribution in [0.25, 0.3) is 0 Å². The van der Waals surface area contributed by atoms with E-state index in [1.807, 2.05) is 6.92 Å². The zero-order valence-corrected chi connectivity index (χ0v) is 7.96. The summed E-state index contributed by atoms with van der Waals surface area (Å²) in [7, 11) is 0. The van der Waals surface area contributed by atoms with Gasteiger partial charge in [0.2, 0.25) is 0 Å². The molecule has 3 fully saturated rings. The average molecular weight is 202 g/mol. The largest absolute Gasteiger partial charge is 0.388 e. The summed E-state index contributed by atoms with van der Waals surface area (Å²) in [5, 5.41) is 9.48. The summed E-state index contributed by atoms with van der Waals surface area (Å²) in [4.78, 5) is 0. The Morgan fingerprint density at radius 3 is 2.64 bits per heavy atom. The van der Waals surface area contributed by atoms with Crippen LogP contribution in [-0.2, 0) is 18.9 Å². The lowest BCUT2D eigenvalue weighted by molar-refractivity contribution is -0.0701. The molecular formula is C9H14O5. The summed E-state index contributed by atoms with van der Waals surface area (Å²) in [6.45, 7) is 2.79. The third-order valence-corrected chi connectivity index (χ3v) is 2.95. The molecule has 80 valence electrons. The maximum atomic E-state index is 9.48. The van der Waals surface area contributed by atoms with Crippen LogP contribution in [0.2, 0.25) is 0 Å². The van der Waals surface area contributed by atoms with E-state index in [1.54, 1.807) is 0 Å². The molecule has 6 unspecified atom stereocenters. The lowest BCUT2D eigenvalue weighted by atomic mass is 10.1. The van der Waals surface area contributed by atoms with Gasteiger partial charge in [0, 0.05) is 0 Å². The molecule has 3 heterocycles. The highest BCUT2D eigenvalue weighted by atomic mass is 16.8. The van der Waals surface area contributed by atoms with Crippen LogP contribution < -0.4 is 0 Å². The Balaban J connectivity index is 1.60. The first-order chi connectivity index (χ1) is 6.75. The van der Waals surface area contributed by atoms with Gasteiger partial charge in [0.25, 0.3) is 0 Å². The Morgan fingerprint density at radius 1 is 1.21 bits per heavy atom. The topological polar surface area (TPSA) is 60.5 Å². The first-order valence-electron chi connectivity index (χ1n) is 4.98. The van der Waals surface area contributed by atoms with Crippen molar-refractivity contribution in [3.63, 3.8) is 0 Å². The highest BCUT2D eigenvalue weighted by molar-refractivity contribution is 4.95. The van der Waals surface area contributed by atoms with E-state index in [1.165, 1.54) is 0 Å². The molecule has 0 saturated carbocycles. The van der Waals surface area contributed by atoms with Gasteiger partial charge in [-0.1, -0.05) is 0 Å². The van der Waals surface area contributed by atoms with Gasteiger partial charge in [-0.2, -0.15) is 0 Å². The number of epoxide rings is 1. The molecule has 5 nitrogen and oxygen atoms in total. The molecule has 0 aliphatic carbocycles. The quantitative estimate of drug-likeness (QED) is 0.598. The number of hydrogen-bond donors (Lipinski definition) is 1. The summed E-state index contributed by atoms with van der Waals surface area (Å²) >= 11 is 0. The minimum Gasteiger partial charge on any atom is -0.388 e. The molecule has 3 aliphatic rings. The molecule has 6 atom stereocenters. The van der Waals surface area contributed by atoms with Gasteiger partial charge in [-0.3, -0.25) is 0 Å². The van der Waals surface area contributed by atoms with Crippen molar-refractivity contribution in [2.24, 2.45) is 0 Å². The molecule has 0 spiro atoms. The van der Waals surface area contributed by atoms with Crippen molar-refractivity contribution in [2.45, 2.75) is 43.7 Å². The fraction of sp³-hybridized carbons (Fsp3) is 1.00. The lowest BCUT2D eigenvalue weighted by Crippen LogP contribution is -2.33. The standard InChI is InChI=1S/C9H14O5/c1-4-9(13-4)14-6-3-12-7-5(10)2-11-8(6)7/h4-10H,2-3H2,1H3. The minimum atomic E-state index is -0.508. The SMILES string of the molecule is CC1OC1OC1COC2C(O)COC12. The first-order valence-corrected chi connectivity index (χ1v) is 4.98. The van der Waals surface area contributed by atoms with Crippen LogP contribution in [0.15, 0.2) is 0 Å². The van der Waals surface area contributed by atoms with E-state index in [4.69, 9.17) is 18.9 Å². The minimum absolute atomic E-state index is 0.0906. The maximum absolute atomic E-state index is 9.48. The predicted molar refractivity (Wildman–Crippen MR) is 44.7 cm³/mol. The van der Waals surface area contributed by atoms with Crippen molar-refractivity contribution in [2.75, 3.05) is 13.2 Å². The van der Waals surface area contributed by atoms with E-state index in [2.05, 4.69) is 0 Å². The van der Waals surface area contributed by atoms with Crippen molar-refractivity contribution < 1.29 is 24.1 Å². The van der Waals surface area contributed by atoms with Gasteiger partial charge in [-0.15, -0.1) is 0 Å². The van der Waals surface area contributed by atoms with E-state index in [-0.39, 0.29) is 30.7 Å². The Labute approximate surface area is 81.9 Å². The molecule has 3 saturated heterocycles. The van der Waals surface area contributed by atoms with Gasteiger partial charge in [0.15, 0.2) is 6.29 Å². The van der Waals surface area contributed by atoms with Gasteiger partial charge >= 0.3 is 0 Å². The third-order valence-electron chi connectivity index (χ3n) is 2.95. The molecule has 14 heavy (non-hydrogen) atoms. The molecule has 0 radical (unpaired) electrons. The van der Waals surface area contributed by atoms with E-state index in [9.17, 15) is 5.11 Å². The molecule has 5 heteroatoms. The number of aliphatic hydroxyl groups is 1. The molecule has 0 aromatic carbocycles. The van der Waals surface area contributed by atoms with Crippen LogP contribution in [0.1, 0.15) is 6.92 Å². The molecule has 0 bridgehead atoms. The summed E-state index contributed by atoms with van der Waals surface area (Å²) in [5.74, 6) is 0. The fourth-order valence-electron chi connectivity index (χ4n) is 2.04. The van der Waals surface area contributed by atoms with E-state index in [0.29, 0.717) is 13.2 Å². The smallest absolute Gasteiger partial charge is 0.184 e. The number of hydrogen-bond acceptors (Lipinski definition) is 5. The van der Waals surface area contributed by atoms with Crippen molar-refractivity contribution in [3.05, 3.63) is 0 Å². The van der Waals surface area contributed by atoms with Crippen molar-refractivity contribution in [1.29, 1.82) is 0 Å². The Bertz CT molecular complexity index is 233. The number of fused-ring (bicyclic) bond motifs is 1. The van der Waals surface area contributed by atoms with Gasteiger partial charge in [0.1, 0.15) is 30.5 Å². The summed E-state index contributed by atoms with van der Waals surface area (Å²) < 4.78 is 21.6. The predicted octanol–water partition coefficient (Wildman–Crippen LogP) is -0.725. The number of rotatable bonds is 2. The average Bonchev–Trinajstić information content (AvgIpc) is 2.62. The Kier molecular flexibility index (Phi) is 2.04. The highest BCUT2D eigenvalue weighted by Gasteiger charge is 2.50. The summed E-state index contributed by atoms with van der Waals surface area (Å²) in [6, 6.07) is 0. The maximum Gasteiger partial charge on any atom is 0.184 e. The van der Waals surface area contributed by atoms with E-state index in [0.717, 1.165) is 0 Å².